The van der Waals surface area contributed by atoms with Crippen LogP contribution >= 0.6 is 11.8 Å². The number of fused-ring (bicyclic) bond motifs is 1. The second kappa shape index (κ2) is 12.8. The van der Waals surface area contributed by atoms with Gasteiger partial charge in [0.1, 0.15) is 0 Å². The van der Waals surface area contributed by atoms with Crippen molar-refractivity contribution >= 4 is 34.3 Å². The number of anilines is 1. The molecule has 1 N–H and O–H groups in total. The molecule has 5 rings (SSSR count). The maximum atomic E-state index is 13.7. The summed E-state index contributed by atoms with van der Waals surface area (Å²) in [5, 5.41) is 4.15. The average Bonchev–Trinajstić information content (AvgIpc) is 2.97. The summed E-state index contributed by atoms with van der Waals surface area (Å²) in [6.07, 6.45) is 1.48. The summed E-state index contributed by atoms with van der Waals surface area (Å²) in [5.74, 6) is 0.127. The average molecular weight is 529 g/mol. The van der Waals surface area contributed by atoms with Crippen molar-refractivity contribution in [3.63, 3.8) is 0 Å². The Labute approximate surface area is 226 Å². The Hall–Kier alpha value is -3.62. The van der Waals surface area contributed by atoms with Crippen molar-refractivity contribution in [3.05, 3.63) is 100 Å². The van der Waals surface area contributed by atoms with Crippen molar-refractivity contribution in [1.29, 1.82) is 0 Å². The van der Waals surface area contributed by atoms with Gasteiger partial charge in [-0.15, -0.1) is 0 Å². The van der Waals surface area contributed by atoms with E-state index in [9.17, 15) is 9.59 Å². The highest BCUT2D eigenvalue weighted by atomic mass is 32.2. The molecular weight excluding hydrogens is 496 g/mol. The zero-order chi connectivity index (χ0) is 26.2. The van der Waals surface area contributed by atoms with Crippen molar-refractivity contribution in [2.45, 2.75) is 24.5 Å². The number of nitrogens with one attached hydrogen (secondary N) is 1. The number of hydrogen-bond acceptors (Lipinski definition) is 6. The standard InChI is InChI=1S/C30H32N4O3S/c35-28(31-15-13-23-7-3-1-4-8-23)22-38-30-32-27-12-11-25(33-17-19-37-20-18-33)21-26(27)29(36)34(30)16-14-24-9-5-2-6-10-24/h1-12,21H,13-20,22H2,(H,31,35). The third-order valence-electron chi connectivity index (χ3n) is 6.66. The number of morpholine rings is 1. The molecule has 38 heavy (non-hydrogen) atoms. The predicted molar refractivity (Wildman–Crippen MR) is 153 cm³/mol. The first kappa shape index (κ1) is 26.0. The molecule has 0 aliphatic carbocycles. The lowest BCUT2D eigenvalue weighted by Gasteiger charge is -2.29. The molecule has 0 atom stereocenters. The van der Waals surface area contributed by atoms with Gasteiger partial charge in [0.15, 0.2) is 5.16 Å². The van der Waals surface area contributed by atoms with E-state index in [2.05, 4.69) is 34.5 Å². The number of aromatic nitrogens is 2. The van der Waals surface area contributed by atoms with Crippen molar-refractivity contribution < 1.29 is 9.53 Å². The normalized spacial score (nSPS) is 13.5. The van der Waals surface area contributed by atoms with Gasteiger partial charge in [-0.2, -0.15) is 0 Å². The molecule has 2 heterocycles. The molecule has 0 bridgehead atoms. The first-order chi connectivity index (χ1) is 18.7. The number of carbonyl (C=O) groups is 1. The Balaban J connectivity index is 1.34. The molecule has 0 spiro atoms. The zero-order valence-electron chi connectivity index (χ0n) is 21.3. The molecule has 1 saturated heterocycles. The summed E-state index contributed by atoms with van der Waals surface area (Å²) in [4.78, 5) is 33.4. The number of hydrogen-bond donors (Lipinski definition) is 1. The van der Waals surface area contributed by atoms with Crippen LogP contribution in [0.2, 0.25) is 0 Å². The molecule has 1 aliphatic rings. The number of ether oxygens (including phenoxy) is 1. The van der Waals surface area contributed by atoms with Gasteiger partial charge in [-0.3, -0.25) is 14.2 Å². The fourth-order valence-corrected chi connectivity index (χ4v) is 5.43. The van der Waals surface area contributed by atoms with E-state index in [1.807, 2.05) is 54.6 Å². The molecule has 1 fully saturated rings. The van der Waals surface area contributed by atoms with Crippen LogP contribution in [-0.2, 0) is 28.9 Å². The van der Waals surface area contributed by atoms with Crippen LogP contribution in [0.1, 0.15) is 11.1 Å². The topological polar surface area (TPSA) is 76.5 Å². The minimum Gasteiger partial charge on any atom is -0.378 e. The maximum absolute atomic E-state index is 13.7. The van der Waals surface area contributed by atoms with Crippen LogP contribution in [0.25, 0.3) is 10.9 Å². The largest absolute Gasteiger partial charge is 0.378 e. The van der Waals surface area contributed by atoms with E-state index in [-0.39, 0.29) is 17.2 Å². The Morgan fingerprint density at radius 2 is 1.61 bits per heavy atom. The Morgan fingerprint density at radius 3 is 2.32 bits per heavy atom. The minimum absolute atomic E-state index is 0.0717. The maximum Gasteiger partial charge on any atom is 0.262 e. The summed E-state index contributed by atoms with van der Waals surface area (Å²) in [6, 6.07) is 26.0. The lowest BCUT2D eigenvalue weighted by Crippen LogP contribution is -2.36. The lowest BCUT2D eigenvalue weighted by molar-refractivity contribution is -0.118. The fraction of sp³-hybridized carbons (Fsp3) is 0.300. The summed E-state index contributed by atoms with van der Waals surface area (Å²) in [6.45, 7) is 4.02. The minimum atomic E-state index is -0.0759. The van der Waals surface area contributed by atoms with Crippen LogP contribution in [0.15, 0.2) is 88.8 Å². The van der Waals surface area contributed by atoms with Gasteiger partial charge >= 0.3 is 0 Å². The molecule has 3 aromatic carbocycles. The first-order valence-corrected chi connectivity index (χ1v) is 14.0. The predicted octanol–water partition coefficient (Wildman–Crippen LogP) is 3.93. The van der Waals surface area contributed by atoms with Gasteiger partial charge in [0.25, 0.3) is 5.56 Å². The molecule has 4 aromatic rings. The second-order valence-electron chi connectivity index (χ2n) is 9.26. The van der Waals surface area contributed by atoms with E-state index in [0.717, 1.165) is 30.8 Å². The van der Waals surface area contributed by atoms with Crippen LogP contribution in [0.4, 0.5) is 5.69 Å². The van der Waals surface area contributed by atoms with Crippen molar-refractivity contribution in [2.75, 3.05) is 43.5 Å². The number of benzene rings is 3. The van der Waals surface area contributed by atoms with E-state index >= 15 is 0 Å². The molecule has 0 saturated carbocycles. The van der Waals surface area contributed by atoms with Crippen LogP contribution in [0.5, 0.6) is 0 Å². The summed E-state index contributed by atoms with van der Waals surface area (Å²) in [7, 11) is 0. The van der Waals surface area contributed by atoms with Gasteiger partial charge in [-0.25, -0.2) is 4.98 Å². The molecule has 8 heteroatoms. The smallest absolute Gasteiger partial charge is 0.262 e. The molecule has 1 aromatic heterocycles. The first-order valence-electron chi connectivity index (χ1n) is 13.0. The number of carbonyl (C=O) groups excluding carboxylic acids is 1. The Bertz CT molecular complexity index is 1420. The monoisotopic (exact) mass is 528 g/mol. The third kappa shape index (κ3) is 6.62. The van der Waals surface area contributed by atoms with Crippen molar-refractivity contribution in [3.8, 4) is 0 Å². The van der Waals surface area contributed by atoms with E-state index in [4.69, 9.17) is 9.72 Å². The lowest BCUT2D eigenvalue weighted by atomic mass is 10.1. The number of rotatable bonds is 10. The van der Waals surface area contributed by atoms with Gasteiger partial charge in [0, 0.05) is 31.9 Å². The summed E-state index contributed by atoms with van der Waals surface area (Å²) >= 11 is 1.31. The van der Waals surface area contributed by atoms with E-state index in [1.54, 1.807) is 4.57 Å². The quantitative estimate of drug-likeness (QED) is 0.248. The molecule has 7 nitrogen and oxygen atoms in total. The van der Waals surface area contributed by atoms with E-state index in [1.165, 1.54) is 17.3 Å². The van der Waals surface area contributed by atoms with Crippen LogP contribution in [0, 0.1) is 0 Å². The van der Waals surface area contributed by atoms with Gasteiger partial charge in [-0.1, -0.05) is 72.4 Å². The zero-order valence-corrected chi connectivity index (χ0v) is 22.2. The number of thioether (sulfide) groups is 1. The van der Waals surface area contributed by atoms with Crippen molar-refractivity contribution in [1.82, 2.24) is 14.9 Å². The summed E-state index contributed by atoms with van der Waals surface area (Å²) in [5.41, 5.74) is 3.91. The number of nitrogens with zero attached hydrogens (tertiary/aromatic N) is 3. The third-order valence-corrected chi connectivity index (χ3v) is 7.63. The molecule has 1 aliphatic heterocycles. The van der Waals surface area contributed by atoms with Crippen LogP contribution in [0.3, 0.4) is 0 Å². The molecular formula is C30H32N4O3S. The van der Waals surface area contributed by atoms with E-state index in [0.29, 0.717) is 48.8 Å². The number of aryl methyl sites for hydroxylation is 1. The van der Waals surface area contributed by atoms with E-state index < -0.39 is 0 Å². The summed E-state index contributed by atoms with van der Waals surface area (Å²) < 4.78 is 7.20. The van der Waals surface area contributed by atoms with Crippen molar-refractivity contribution in [2.24, 2.45) is 0 Å². The molecule has 196 valence electrons. The fourth-order valence-electron chi connectivity index (χ4n) is 4.57. The van der Waals surface area contributed by atoms with Crippen LogP contribution in [-0.4, -0.2) is 54.1 Å². The SMILES string of the molecule is O=C(CSc1nc2ccc(N3CCOCC3)cc2c(=O)n1CCc1ccccc1)NCCc1ccccc1. The molecule has 1 amide bonds. The highest BCUT2D eigenvalue weighted by molar-refractivity contribution is 7.99. The van der Waals surface area contributed by atoms with Crippen LogP contribution < -0.4 is 15.8 Å². The van der Waals surface area contributed by atoms with Gasteiger partial charge in [-0.05, 0) is 42.2 Å². The number of amides is 1. The second-order valence-corrected chi connectivity index (χ2v) is 10.2. The molecule has 0 radical (unpaired) electrons. The van der Waals surface area contributed by atoms with Gasteiger partial charge in [0.2, 0.25) is 5.91 Å². The van der Waals surface area contributed by atoms with Gasteiger partial charge < -0.3 is 15.0 Å². The highest BCUT2D eigenvalue weighted by Crippen LogP contribution is 2.23. The highest BCUT2D eigenvalue weighted by Gasteiger charge is 2.17. The molecule has 0 unspecified atom stereocenters. The van der Waals surface area contributed by atoms with Gasteiger partial charge in [0.05, 0.1) is 29.9 Å². The Kier molecular flexibility index (Phi) is 8.73. The Morgan fingerprint density at radius 1 is 0.921 bits per heavy atom.